The van der Waals surface area contributed by atoms with E-state index in [1.165, 1.54) is 40.0 Å². The number of carbonyl (C=O) groups excluding carboxylic acids is 4. The molecule has 0 unspecified atom stereocenters. The van der Waals surface area contributed by atoms with Gasteiger partial charge in [-0.05, 0) is 55.0 Å². The molecule has 0 heterocycles. The molecule has 0 aliphatic heterocycles. The summed E-state index contributed by atoms with van der Waals surface area (Å²) in [7, 11) is 1.42. The van der Waals surface area contributed by atoms with Gasteiger partial charge in [-0.15, -0.1) is 0 Å². The van der Waals surface area contributed by atoms with Crippen LogP contribution in [0.15, 0.2) is 48.2 Å². The molecule has 2 N–H and O–H groups in total. The average Bonchev–Trinajstić information content (AvgIpc) is 2.68. The molecule has 30 heavy (non-hydrogen) atoms. The van der Waals surface area contributed by atoms with Crippen LogP contribution in [0.2, 0.25) is 0 Å². The van der Waals surface area contributed by atoms with Crippen LogP contribution in [0, 0.1) is 0 Å². The Balaban J connectivity index is 2.30. The number of ether oxygens (including phenoxy) is 2. The molecule has 2 amide bonds. The number of rotatable bonds is 7. The number of anilines is 1. The smallest absolute Gasteiger partial charge is 0.308 e. The molecule has 0 spiro atoms. The molecule has 0 aromatic heterocycles. The van der Waals surface area contributed by atoms with Crippen LogP contribution in [0.25, 0.3) is 6.08 Å². The number of carbonyl (C=O) groups is 4. The lowest BCUT2D eigenvalue weighted by Gasteiger charge is -2.12. The fraction of sp³-hybridized carbons (Fsp3) is 0.182. The van der Waals surface area contributed by atoms with Gasteiger partial charge in [-0.3, -0.25) is 19.2 Å². The number of benzene rings is 2. The summed E-state index contributed by atoms with van der Waals surface area (Å²) in [6, 6.07) is 11.1. The van der Waals surface area contributed by atoms with Gasteiger partial charge in [0.2, 0.25) is 5.91 Å². The first kappa shape index (κ1) is 22.4. The second-order valence-electron chi connectivity index (χ2n) is 6.33. The number of methoxy groups -OCH3 is 1. The molecule has 8 nitrogen and oxygen atoms in total. The zero-order chi connectivity index (χ0) is 22.3. The Labute approximate surface area is 173 Å². The third-order valence-electron chi connectivity index (χ3n) is 3.86. The molecule has 0 aliphatic rings. The van der Waals surface area contributed by atoms with Crippen LogP contribution in [0.5, 0.6) is 11.5 Å². The van der Waals surface area contributed by atoms with E-state index in [4.69, 9.17) is 9.47 Å². The Kier molecular flexibility index (Phi) is 7.46. The Morgan fingerprint density at radius 3 is 2.10 bits per heavy atom. The van der Waals surface area contributed by atoms with Gasteiger partial charge in [0.15, 0.2) is 17.3 Å². The van der Waals surface area contributed by atoms with Crippen molar-refractivity contribution in [2.24, 2.45) is 0 Å². The van der Waals surface area contributed by atoms with Crippen LogP contribution in [0.4, 0.5) is 5.69 Å². The van der Waals surface area contributed by atoms with Crippen LogP contribution < -0.4 is 20.1 Å². The van der Waals surface area contributed by atoms with E-state index in [1.54, 1.807) is 36.4 Å². The first-order chi connectivity index (χ1) is 14.2. The highest BCUT2D eigenvalue weighted by Crippen LogP contribution is 2.29. The Morgan fingerprint density at radius 1 is 0.900 bits per heavy atom. The van der Waals surface area contributed by atoms with Gasteiger partial charge in [-0.25, -0.2) is 0 Å². The molecule has 2 aromatic rings. The van der Waals surface area contributed by atoms with Crippen LogP contribution in [-0.4, -0.2) is 30.7 Å². The maximum atomic E-state index is 12.7. The van der Waals surface area contributed by atoms with Crippen LogP contribution >= 0.6 is 0 Å². The lowest BCUT2D eigenvalue weighted by Crippen LogP contribution is -2.28. The minimum absolute atomic E-state index is 0.000402. The molecule has 2 aromatic carbocycles. The number of esters is 1. The number of hydrogen-bond donors (Lipinski definition) is 2. The quantitative estimate of drug-likeness (QED) is 0.314. The Hall–Kier alpha value is -3.94. The summed E-state index contributed by atoms with van der Waals surface area (Å²) in [5, 5.41) is 5.16. The number of hydrogen-bond acceptors (Lipinski definition) is 6. The Morgan fingerprint density at radius 2 is 1.57 bits per heavy atom. The van der Waals surface area contributed by atoms with Crippen LogP contribution in [0.1, 0.15) is 36.7 Å². The summed E-state index contributed by atoms with van der Waals surface area (Å²) in [5.41, 5.74) is 1.52. The van der Waals surface area contributed by atoms with Crippen molar-refractivity contribution in [3.63, 3.8) is 0 Å². The van der Waals surface area contributed by atoms with Gasteiger partial charge in [0, 0.05) is 25.1 Å². The molecule has 0 atom stereocenters. The molecule has 0 saturated heterocycles. The van der Waals surface area contributed by atoms with E-state index in [9.17, 15) is 19.2 Å². The maximum absolute atomic E-state index is 12.7. The molecular formula is C22H22N2O6. The van der Waals surface area contributed by atoms with Gasteiger partial charge in [-0.2, -0.15) is 0 Å². The first-order valence-electron chi connectivity index (χ1n) is 8.97. The van der Waals surface area contributed by atoms with E-state index in [-0.39, 0.29) is 17.2 Å². The fourth-order valence-corrected chi connectivity index (χ4v) is 2.51. The van der Waals surface area contributed by atoms with Crippen molar-refractivity contribution in [2.75, 3.05) is 12.4 Å². The molecule has 0 bridgehead atoms. The standard InChI is InChI=1S/C22H22N2O6/c1-13(25)17-6-8-18(9-7-17)24-22(28)19(23-14(2)26)11-16-5-10-20(30-15(3)27)21(12-16)29-4/h5-12H,1-4H3,(H,23,26)(H,24,28)/b19-11-. The highest BCUT2D eigenvalue weighted by atomic mass is 16.6. The van der Waals surface area contributed by atoms with Gasteiger partial charge in [0.25, 0.3) is 5.91 Å². The third kappa shape index (κ3) is 6.30. The lowest BCUT2D eigenvalue weighted by atomic mass is 10.1. The number of Topliss-reactive ketones (excluding diaryl/α,β-unsaturated/α-hetero) is 1. The van der Waals surface area contributed by atoms with Gasteiger partial charge >= 0.3 is 5.97 Å². The molecule has 0 fully saturated rings. The largest absolute Gasteiger partial charge is 0.493 e. The van der Waals surface area contributed by atoms with E-state index in [0.717, 1.165) is 0 Å². The highest BCUT2D eigenvalue weighted by molar-refractivity contribution is 6.08. The lowest BCUT2D eigenvalue weighted by molar-refractivity contribution is -0.132. The summed E-state index contributed by atoms with van der Waals surface area (Å²) >= 11 is 0. The van der Waals surface area contributed by atoms with Crippen molar-refractivity contribution in [1.82, 2.24) is 5.32 Å². The number of ketones is 1. The number of amides is 2. The zero-order valence-corrected chi connectivity index (χ0v) is 17.1. The van der Waals surface area contributed by atoms with E-state index in [0.29, 0.717) is 22.6 Å². The van der Waals surface area contributed by atoms with E-state index < -0.39 is 17.8 Å². The monoisotopic (exact) mass is 410 g/mol. The molecule has 8 heteroatoms. The summed E-state index contributed by atoms with van der Waals surface area (Å²) in [6.07, 6.45) is 1.46. The second-order valence-corrected chi connectivity index (χ2v) is 6.33. The van der Waals surface area contributed by atoms with Gasteiger partial charge in [-0.1, -0.05) is 6.07 Å². The molecule has 2 rings (SSSR count). The SMILES string of the molecule is COc1cc(/C=C(\NC(C)=O)C(=O)Nc2ccc(C(C)=O)cc2)ccc1OC(C)=O. The second kappa shape index (κ2) is 10.0. The minimum Gasteiger partial charge on any atom is -0.493 e. The molecule has 0 radical (unpaired) electrons. The van der Waals surface area contributed by atoms with Crippen molar-refractivity contribution >= 4 is 35.3 Å². The predicted octanol–water partition coefficient (Wildman–Crippen LogP) is 2.94. The first-order valence-corrected chi connectivity index (χ1v) is 8.97. The van der Waals surface area contributed by atoms with Crippen molar-refractivity contribution in [2.45, 2.75) is 20.8 Å². The minimum atomic E-state index is -0.552. The Bertz CT molecular complexity index is 1010. The summed E-state index contributed by atoms with van der Waals surface area (Å²) in [4.78, 5) is 46.8. The van der Waals surface area contributed by atoms with Crippen LogP contribution in [0.3, 0.4) is 0 Å². The summed E-state index contributed by atoms with van der Waals surface area (Å²) in [6.45, 7) is 4.01. The molecule has 0 aliphatic carbocycles. The van der Waals surface area contributed by atoms with E-state index >= 15 is 0 Å². The average molecular weight is 410 g/mol. The van der Waals surface area contributed by atoms with E-state index in [2.05, 4.69) is 10.6 Å². The van der Waals surface area contributed by atoms with E-state index in [1.807, 2.05) is 0 Å². The summed E-state index contributed by atoms with van der Waals surface area (Å²) in [5.74, 6) is -1.03. The predicted molar refractivity (Wildman–Crippen MR) is 111 cm³/mol. The third-order valence-corrected chi connectivity index (χ3v) is 3.86. The molecule has 156 valence electrons. The topological polar surface area (TPSA) is 111 Å². The molecule has 0 saturated carbocycles. The van der Waals surface area contributed by atoms with Gasteiger partial charge in [0.1, 0.15) is 5.70 Å². The van der Waals surface area contributed by atoms with Crippen molar-refractivity contribution in [3.8, 4) is 11.5 Å². The zero-order valence-electron chi connectivity index (χ0n) is 17.1. The van der Waals surface area contributed by atoms with Gasteiger partial charge in [0.05, 0.1) is 7.11 Å². The fourth-order valence-electron chi connectivity index (χ4n) is 2.51. The summed E-state index contributed by atoms with van der Waals surface area (Å²) < 4.78 is 10.3. The normalized spacial score (nSPS) is 10.7. The molecular weight excluding hydrogens is 388 g/mol. The van der Waals surface area contributed by atoms with Gasteiger partial charge < -0.3 is 20.1 Å². The van der Waals surface area contributed by atoms with Crippen LogP contribution in [-0.2, 0) is 14.4 Å². The number of nitrogens with one attached hydrogen (secondary N) is 2. The van der Waals surface area contributed by atoms with Crippen molar-refractivity contribution < 1.29 is 28.7 Å². The highest BCUT2D eigenvalue weighted by Gasteiger charge is 2.14. The van der Waals surface area contributed by atoms with Crippen molar-refractivity contribution in [1.29, 1.82) is 0 Å². The van der Waals surface area contributed by atoms with Crippen molar-refractivity contribution in [3.05, 3.63) is 59.3 Å². The maximum Gasteiger partial charge on any atom is 0.308 e.